The maximum absolute atomic E-state index is 14.7. The Kier molecular flexibility index (Phi) is 5.65. The van der Waals surface area contributed by atoms with Crippen molar-refractivity contribution in [3.63, 3.8) is 0 Å². The minimum absolute atomic E-state index is 0.0657. The summed E-state index contributed by atoms with van der Waals surface area (Å²) in [4.78, 5) is 11.8. The lowest BCUT2D eigenvalue weighted by Gasteiger charge is -2.33. The van der Waals surface area contributed by atoms with Crippen LogP contribution in [0.1, 0.15) is 43.0 Å². The van der Waals surface area contributed by atoms with E-state index in [1.54, 1.807) is 6.92 Å². The van der Waals surface area contributed by atoms with Gasteiger partial charge in [-0.15, -0.1) is 5.10 Å². The molecule has 1 heterocycles. The van der Waals surface area contributed by atoms with Crippen LogP contribution >= 0.6 is 0 Å². The monoisotopic (exact) mass is 311 g/mol. The van der Waals surface area contributed by atoms with E-state index in [1.165, 1.54) is 12.3 Å². The number of ether oxygens (including phenoxy) is 1. The lowest BCUT2D eigenvalue weighted by Crippen LogP contribution is -2.37. The van der Waals surface area contributed by atoms with E-state index in [-0.39, 0.29) is 37.1 Å². The van der Waals surface area contributed by atoms with Crippen LogP contribution in [-0.4, -0.2) is 46.7 Å². The lowest BCUT2D eigenvalue weighted by atomic mass is 9.80. The molecule has 0 aliphatic heterocycles. The summed E-state index contributed by atoms with van der Waals surface area (Å²) < 4.78 is 19.7. The fourth-order valence-electron chi connectivity index (χ4n) is 2.63. The zero-order valence-electron chi connectivity index (χ0n) is 12.7. The van der Waals surface area contributed by atoms with Crippen LogP contribution < -0.4 is 5.32 Å². The Labute approximate surface area is 129 Å². The van der Waals surface area contributed by atoms with Crippen molar-refractivity contribution in [1.29, 1.82) is 0 Å². The Morgan fingerprint density at radius 2 is 2.27 bits per heavy atom. The number of carbonyl (C=O) groups is 1. The fraction of sp³-hybridized carbons (Fsp3) is 0.667. The molecular weight excluding hydrogens is 289 g/mol. The summed E-state index contributed by atoms with van der Waals surface area (Å²) in [6, 6.07) is 1.50. The van der Waals surface area contributed by atoms with E-state index in [9.17, 15) is 9.18 Å². The van der Waals surface area contributed by atoms with E-state index in [2.05, 4.69) is 15.5 Å². The molecule has 2 rings (SSSR count). The number of halogens is 1. The van der Waals surface area contributed by atoms with Crippen molar-refractivity contribution >= 4 is 11.8 Å². The number of anilines is 1. The minimum Gasteiger partial charge on any atom is -0.462 e. The molecule has 1 aliphatic carbocycles. The molecule has 0 unspecified atom stereocenters. The highest BCUT2D eigenvalue weighted by Crippen LogP contribution is 2.35. The van der Waals surface area contributed by atoms with Crippen LogP contribution in [0.5, 0.6) is 0 Å². The topological polar surface area (TPSA) is 84.3 Å². The van der Waals surface area contributed by atoms with Crippen LogP contribution in [-0.2, 0) is 4.74 Å². The van der Waals surface area contributed by atoms with Crippen molar-refractivity contribution < 1.29 is 19.0 Å². The number of aliphatic hydroxyl groups excluding tert-OH is 1. The van der Waals surface area contributed by atoms with Gasteiger partial charge in [-0.05, 0) is 44.6 Å². The predicted octanol–water partition coefficient (Wildman–Crippen LogP) is 1.96. The second kappa shape index (κ2) is 7.49. The quantitative estimate of drug-likeness (QED) is 0.781. The summed E-state index contributed by atoms with van der Waals surface area (Å²) in [5.41, 5.74) is -1.10. The highest BCUT2D eigenvalue weighted by Gasteiger charge is 2.35. The van der Waals surface area contributed by atoms with E-state index in [4.69, 9.17) is 9.84 Å². The molecule has 0 amide bonds. The average Bonchev–Trinajstić information content (AvgIpc) is 2.54. The van der Waals surface area contributed by atoms with Crippen LogP contribution in [0.3, 0.4) is 0 Å². The lowest BCUT2D eigenvalue weighted by molar-refractivity contribution is 0.0525. The van der Waals surface area contributed by atoms with E-state index >= 15 is 0 Å². The normalized spacial score (nSPS) is 24.8. The van der Waals surface area contributed by atoms with Crippen molar-refractivity contribution in [3.05, 3.63) is 17.8 Å². The van der Waals surface area contributed by atoms with E-state index in [0.717, 1.165) is 0 Å². The molecule has 0 bridgehead atoms. The van der Waals surface area contributed by atoms with Gasteiger partial charge in [0.15, 0.2) is 5.82 Å². The van der Waals surface area contributed by atoms with Crippen LogP contribution in [0.25, 0.3) is 0 Å². The number of nitrogens with one attached hydrogen (secondary N) is 1. The summed E-state index contributed by atoms with van der Waals surface area (Å²) in [7, 11) is 0. The van der Waals surface area contributed by atoms with Crippen molar-refractivity contribution in [2.24, 2.45) is 5.92 Å². The van der Waals surface area contributed by atoms with Gasteiger partial charge in [-0.25, -0.2) is 9.18 Å². The van der Waals surface area contributed by atoms with Crippen molar-refractivity contribution in [3.8, 4) is 0 Å². The molecule has 1 aliphatic rings. The molecule has 0 saturated heterocycles. The van der Waals surface area contributed by atoms with Gasteiger partial charge in [-0.2, -0.15) is 5.10 Å². The summed E-state index contributed by atoms with van der Waals surface area (Å²) in [6.07, 6.45) is 3.51. The van der Waals surface area contributed by atoms with Crippen LogP contribution in [0.15, 0.2) is 12.3 Å². The molecule has 1 fully saturated rings. The molecule has 22 heavy (non-hydrogen) atoms. The Hall–Kier alpha value is -1.76. The number of hydrogen-bond donors (Lipinski definition) is 2. The highest BCUT2D eigenvalue weighted by atomic mass is 19.1. The van der Waals surface area contributed by atoms with Gasteiger partial charge in [0.25, 0.3) is 0 Å². The maximum Gasteiger partial charge on any atom is 0.342 e. The van der Waals surface area contributed by atoms with Crippen LogP contribution in [0.2, 0.25) is 0 Å². The first-order chi connectivity index (χ1) is 10.6. The number of esters is 1. The molecule has 1 saturated carbocycles. The largest absolute Gasteiger partial charge is 0.462 e. The summed E-state index contributed by atoms with van der Waals surface area (Å²) >= 11 is 0. The van der Waals surface area contributed by atoms with Crippen molar-refractivity contribution in [1.82, 2.24) is 10.2 Å². The van der Waals surface area contributed by atoms with Gasteiger partial charge < -0.3 is 15.2 Å². The number of alkyl halides is 1. The summed E-state index contributed by atoms with van der Waals surface area (Å²) in [5.74, 6) is -0.0745. The van der Waals surface area contributed by atoms with Crippen molar-refractivity contribution in [2.75, 3.05) is 25.1 Å². The SMILES string of the molecule is CCOC(=O)c1ccnnc1NCC1(F)CCC(CO)CC1. The van der Waals surface area contributed by atoms with Gasteiger partial charge in [-0.3, -0.25) is 0 Å². The molecule has 122 valence electrons. The Balaban J connectivity index is 1.98. The Bertz CT molecular complexity index is 505. The highest BCUT2D eigenvalue weighted by molar-refractivity contribution is 5.94. The van der Waals surface area contributed by atoms with Gasteiger partial charge in [0, 0.05) is 6.61 Å². The molecule has 0 radical (unpaired) electrons. The molecular formula is C15H22FN3O3. The molecule has 1 aromatic rings. The third-order valence-electron chi connectivity index (χ3n) is 4.05. The number of nitrogens with zero attached hydrogens (tertiary/aromatic N) is 2. The van der Waals surface area contributed by atoms with Gasteiger partial charge in [-0.1, -0.05) is 0 Å². The first-order valence-corrected chi connectivity index (χ1v) is 7.60. The van der Waals surface area contributed by atoms with E-state index in [0.29, 0.717) is 25.7 Å². The first kappa shape index (κ1) is 16.6. The average molecular weight is 311 g/mol. The predicted molar refractivity (Wildman–Crippen MR) is 79.4 cm³/mol. The molecule has 0 spiro atoms. The number of carbonyl (C=O) groups excluding carboxylic acids is 1. The van der Waals surface area contributed by atoms with Crippen LogP contribution in [0, 0.1) is 5.92 Å². The zero-order valence-corrected chi connectivity index (χ0v) is 12.7. The van der Waals surface area contributed by atoms with Gasteiger partial charge in [0.05, 0.1) is 19.3 Å². The number of rotatable bonds is 6. The molecule has 6 nitrogen and oxygen atoms in total. The Morgan fingerprint density at radius 3 is 2.91 bits per heavy atom. The fourth-order valence-corrected chi connectivity index (χ4v) is 2.63. The van der Waals surface area contributed by atoms with Crippen LogP contribution in [0.4, 0.5) is 10.2 Å². The summed E-state index contributed by atoms with van der Waals surface area (Å²) in [6.45, 7) is 2.16. The minimum atomic E-state index is -1.35. The van der Waals surface area contributed by atoms with Gasteiger partial charge in [0.1, 0.15) is 11.2 Å². The number of hydrogen-bond acceptors (Lipinski definition) is 6. The number of aromatic nitrogens is 2. The Morgan fingerprint density at radius 1 is 1.55 bits per heavy atom. The van der Waals surface area contributed by atoms with E-state index < -0.39 is 11.6 Å². The maximum atomic E-state index is 14.7. The third kappa shape index (κ3) is 4.13. The molecule has 2 N–H and O–H groups in total. The van der Waals surface area contributed by atoms with Gasteiger partial charge >= 0.3 is 5.97 Å². The molecule has 0 atom stereocenters. The number of aliphatic hydroxyl groups is 1. The standard InChI is InChI=1S/C15H22FN3O3/c1-2-22-14(21)12-5-8-18-19-13(12)17-10-15(16)6-3-11(9-20)4-7-15/h5,8,11,20H,2-4,6-7,9-10H2,1H3,(H,17,19). The van der Waals surface area contributed by atoms with Crippen molar-refractivity contribution in [2.45, 2.75) is 38.3 Å². The first-order valence-electron chi connectivity index (χ1n) is 7.60. The third-order valence-corrected chi connectivity index (χ3v) is 4.05. The second-order valence-electron chi connectivity index (χ2n) is 5.64. The molecule has 1 aromatic heterocycles. The smallest absolute Gasteiger partial charge is 0.342 e. The molecule has 0 aromatic carbocycles. The van der Waals surface area contributed by atoms with Gasteiger partial charge in [0.2, 0.25) is 0 Å². The summed E-state index contributed by atoms with van der Waals surface area (Å²) in [5, 5.41) is 19.6. The van der Waals surface area contributed by atoms with E-state index in [1.807, 2.05) is 0 Å². The molecule has 7 heteroatoms. The second-order valence-corrected chi connectivity index (χ2v) is 5.64. The zero-order chi connectivity index (χ0) is 16.0.